The Kier molecular flexibility index (Phi) is 5.00. The lowest BCUT2D eigenvalue weighted by Crippen LogP contribution is -2.36. The first-order chi connectivity index (χ1) is 14.7. The van der Waals surface area contributed by atoms with E-state index in [9.17, 15) is 19.2 Å². The first-order valence-electron chi connectivity index (χ1n) is 9.94. The van der Waals surface area contributed by atoms with Crippen LogP contribution in [0.15, 0.2) is 48.5 Å². The molecule has 0 saturated heterocycles. The summed E-state index contributed by atoms with van der Waals surface area (Å²) in [5, 5.41) is 0.499. The first kappa shape index (κ1) is 20.6. The van der Waals surface area contributed by atoms with Crippen LogP contribution in [0, 0.1) is 0 Å². The Morgan fingerprint density at radius 3 is 2.16 bits per heavy atom. The van der Waals surface area contributed by atoms with Gasteiger partial charge in [-0.15, -0.1) is 0 Å². The highest BCUT2D eigenvalue weighted by atomic mass is 16.7. The fourth-order valence-electron chi connectivity index (χ4n) is 3.75. The van der Waals surface area contributed by atoms with E-state index in [0.717, 1.165) is 5.56 Å². The Balaban J connectivity index is 1.47. The van der Waals surface area contributed by atoms with Crippen molar-refractivity contribution in [1.82, 2.24) is 5.06 Å². The molecule has 1 atom stereocenters. The van der Waals surface area contributed by atoms with Crippen LogP contribution in [0.25, 0.3) is 0 Å². The van der Waals surface area contributed by atoms with E-state index in [4.69, 9.17) is 9.57 Å². The number of carbonyl (C=O) groups is 4. The summed E-state index contributed by atoms with van der Waals surface area (Å²) < 4.78 is 5.48. The van der Waals surface area contributed by atoms with Crippen molar-refractivity contribution in [1.29, 1.82) is 0 Å². The number of benzene rings is 2. The summed E-state index contributed by atoms with van der Waals surface area (Å²) in [4.78, 5) is 56.7. The number of fused-ring (bicyclic) bond motifs is 2. The fourth-order valence-corrected chi connectivity index (χ4v) is 3.75. The van der Waals surface area contributed by atoms with Gasteiger partial charge in [-0.2, -0.15) is 0 Å². The van der Waals surface area contributed by atoms with E-state index >= 15 is 0 Å². The Hall–Kier alpha value is -3.68. The first-order valence-corrected chi connectivity index (χ1v) is 9.94. The zero-order valence-corrected chi connectivity index (χ0v) is 17.5. The molecule has 2 aromatic carbocycles. The molecule has 0 aliphatic carbocycles. The molecule has 2 aliphatic rings. The molecule has 2 heterocycles. The monoisotopic (exact) mass is 422 g/mol. The summed E-state index contributed by atoms with van der Waals surface area (Å²) in [5.74, 6) is -2.43. The van der Waals surface area contributed by atoms with Gasteiger partial charge in [-0.25, -0.2) is 9.59 Å². The van der Waals surface area contributed by atoms with Crippen molar-refractivity contribution in [2.75, 3.05) is 11.4 Å². The lowest BCUT2D eigenvalue weighted by molar-refractivity contribution is -0.168. The van der Waals surface area contributed by atoms with Crippen molar-refractivity contribution < 1.29 is 28.8 Å². The molecular formula is C23H22N2O6. The molecule has 3 amide bonds. The smallest absolute Gasteiger partial charge is 0.414 e. The lowest BCUT2D eigenvalue weighted by Gasteiger charge is -2.25. The zero-order chi connectivity index (χ0) is 22.3. The van der Waals surface area contributed by atoms with E-state index in [2.05, 4.69) is 0 Å². The normalized spacial score (nSPS) is 17.5. The molecule has 0 spiro atoms. The van der Waals surface area contributed by atoms with Crippen molar-refractivity contribution in [3.63, 3.8) is 0 Å². The minimum Gasteiger partial charge on any atom is -0.443 e. The van der Waals surface area contributed by atoms with Crippen LogP contribution in [0.3, 0.4) is 0 Å². The maximum absolute atomic E-state index is 12.6. The molecule has 1 unspecified atom stereocenters. The molecular weight excluding hydrogens is 400 g/mol. The molecule has 0 N–H and O–H groups in total. The Labute approximate surface area is 179 Å². The van der Waals surface area contributed by atoms with Gasteiger partial charge in [0.2, 0.25) is 0 Å². The van der Waals surface area contributed by atoms with Crippen molar-refractivity contribution in [3.8, 4) is 0 Å². The minimum absolute atomic E-state index is 0.107. The van der Waals surface area contributed by atoms with E-state index in [-0.39, 0.29) is 30.0 Å². The second-order valence-electron chi connectivity index (χ2n) is 8.46. The van der Waals surface area contributed by atoms with Crippen LogP contribution in [-0.4, -0.2) is 41.1 Å². The average Bonchev–Trinajstić information content (AvgIpc) is 3.19. The molecule has 8 nitrogen and oxygen atoms in total. The molecule has 2 aromatic rings. The Morgan fingerprint density at radius 2 is 1.55 bits per heavy atom. The third kappa shape index (κ3) is 3.88. The fraction of sp³-hybridized carbons (Fsp3) is 0.304. The van der Waals surface area contributed by atoms with Gasteiger partial charge in [0.15, 0.2) is 0 Å². The highest BCUT2D eigenvalue weighted by Gasteiger charge is 2.40. The van der Waals surface area contributed by atoms with Crippen LogP contribution >= 0.6 is 0 Å². The largest absolute Gasteiger partial charge is 0.443 e. The van der Waals surface area contributed by atoms with E-state index in [1.807, 2.05) is 12.1 Å². The predicted molar refractivity (Wildman–Crippen MR) is 110 cm³/mol. The van der Waals surface area contributed by atoms with Crippen molar-refractivity contribution in [2.24, 2.45) is 0 Å². The van der Waals surface area contributed by atoms with Gasteiger partial charge in [-0.3, -0.25) is 14.5 Å². The highest BCUT2D eigenvalue weighted by molar-refractivity contribution is 6.20. The number of nitrogens with zero attached hydrogens (tertiary/aromatic N) is 2. The number of anilines is 1. The number of hydroxylamine groups is 2. The highest BCUT2D eigenvalue weighted by Crippen LogP contribution is 2.39. The maximum Gasteiger partial charge on any atom is 0.414 e. The number of imide groups is 1. The van der Waals surface area contributed by atoms with Gasteiger partial charge in [0.1, 0.15) is 5.60 Å². The summed E-state index contributed by atoms with van der Waals surface area (Å²) in [5.41, 5.74) is 1.20. The molecule has 4 rings (SSSR count). The van der Waals surface area contributed by atoms with Crippen LogP contribution in [0.5, 0.6) is 0 Å². The summed E-state index contributed by atoms with van der Waals surface area (Å²) in [6, 6.07) is 13.5. The molecule has 0 aromatic heterocycles. The molecule has 31 heavy (non-hydrogen) atoms. The third-order valence-corrected chi connectivity index (χ3v) is 5.05. The lowest BCUT2D eigenvalue weighted by atomic mass is 9.98. The topological polar surface area (TPSA) is 93.2 Å². The number of hydrogen-bond acceptors (Lipinski definition) is 6. The molecule has 0 radical (unpaired) electrons. The Morgan fingerprint density at radius 1 is 0.968 bits per heavy atom. The van der Waals surface area contributed by atoms with Gasteiger partial charge in [0.25, 0.3) is 11.8 Å². The molecule has 160 valence electrons. The second-order valence-corrected chi connectivity index (χ2v) is 8.46. The molecule has 0 saturated carbocycles. The van der Waals surface area contributed by atoms with Crippen LogP contribution in [-0.2, 0) is 14.4 Å². The predicted octanol–water partition coefficient (Wildman–Crippen LogP) is 3.67. The quantitative estimate of drug-likeness (QED) is 0.701. The third-order valence-electron chi connectivity index (χ3n) is 5.05. The van der Waals surface area contributed by atoms with E-state index < -0.39 is 29.5 Å². The minimum atomic E-state index is -0.736. The van der Waals surface area contributed by atoms with Gasteiger partial charge >= 0.3 is 12.1 Å². The summed E-state index contributed by atoms with van der Waals surface area (Å²) >= 11 is 0. The zero-order valence-electron chi connectivity index (χ0n) is 17.5. The van der Waals surface area contributed by atoms with E-state index in [1.165, 1.54) is 17.0 Å². The summed E-state index contributed by atoms with van der Waals surface area (Å²) in [7, 11) is 0. The standard InChI is InChI=1S/C23H22N2O6/c1-23(2,3)30-22(29)24-13-14(15-8-6-7-11-18(15)24)12-19(26)31-25-20(27)16-9-4-5-10-17(16)21(25)28/h4-11,14H,12-13H2,1-3H3. The van der Waals surface area contributed by atoms with Gasteiger partial charge in [-0.05, 0) is 44.5 Å². The summed E-state index contributed by atoms with van der Waals surface area (Å²) in [6.45, 7) is 5.57. The van der Waals surface area contributed by atoms with Gasteiger partial charge in [-0.1, -0.05) is 35.4 Å². The van der Waals surface area contributed by atoms with Crippen molar-refractivity contribution in [2.45, 2.75) is 38.7 Å². The number of carbonyl (C=O) groups excluding carboxylic acids is 4. The number of ether oxygens (including phenoxy) is 1. The van der Waals surface area contributed by atoms with Crippen LogP contribution < -0.4 is 4.90 Å². The van der Waals surface area contributed by atoms with Gasteiger partial charge < -0.3 is 9.57 Å². The maximum atomic E-state index is 12.6. The molecule has 8 heteroatoms. The van der Waals surface area contributed by atoms with Crippen molar-refractivity contribution in [3.05, 3.63) is 65.2 Å². The van der Waals surface area contributed by atoms with E-state index in [0.29, 0.717) is 10.8 Å². The van der Waals surface area contributed by atoms with Crippen LogP contribution in [0.4, 0.5) is 10.5 Å². The average molecular weight is 422 g/mol. The van der Waals surface area contributed by atoms with E-state index in [1.54, 1.807) is 45.0 Å². The summed E-state index contributed by atoms with van der Waals surface area (Å²) in [6.07, 6.45) is -0.611. The Bertz CT molecular complexity index is 1050. The number of amides is 3. The van der Waals surface area contributed by atoms with Gasteiger partial charge in [0, 0.05) is 12.5 Å². The van der Waals surface area contributed by atoms with Gasteiger partial charge in [0.05, 0.1) is 23.2 Å². The second kappa shape index (κ2) is 7.54. The van der Waals surface area contributed by atoms with Crippen LogP contribution in [0.1, 0.15) is 59.4 Å². The number of para-hydroxylation sites is 1. The van der Waals surface area contributed by atoms with Crippen LogP contribution in [0.2, 0.25) is 0 Å². The molecule has 2 aliphatic heterocycles. The molecule has 0 bridgehead atoms. The number of hydrogen-bond donors (Lipinski definition) is 0. The molecule has 0 fully saturated rings. The number of rotatable bonds is 3. The SMILES string of the molecule is CC(C)(C)OC(=O)N1CC(CC(=O)ON2C(=O)c3ccccc3C2=O)c2ccccc21. The van der Waals surface area contributed by atoms with Crippen molar-refractivity contribution >= 4 is 29.6 Å².